The van der Waals surface area contributed by atoms with Crippen molar-refractivity contribution in [2.45, 2.75) is 63.2 Å². The largest absolute Gasteiger partial charge is 0.358 e. The predicted octanol–water partition coefficient (Wildman–Crippen LogP) is 5.04. The first-order valence-corrected chi connectivity index (χ1v) is 13.9. The lowest BCUT2D eigenvalue weighted by Gasteiger charge is -2.30. The molecule has 5 rings (SSSR count). The van der Waals surface area contributed by atoms with Crippen molar-refractivity contribution >= 4 is 32.5 Å². The van der Waals surface area contributed by atoms with E-state index >= 15 is 0 Å². The number of benzene rings is 2. The van der Waals surface area contributed by atoms with Crippen molar-refractivity contribution in [2.75, 3.05) is 18.4 Å². The van der Waals surface area contributed by atoms with Gasteiger partial charge in [-0.2, -0.15) is 4.31 Å². The standard InChI is InChI=1S/C27H33N3O3S/c1-2-19-8-10-21(11-9-19)28-27(31)20-14-16-30(17-15-20)34(32,33)22-12-13-26-24(18-22)23-6-4-3-5-7-25(23)29-26/h8-13,18,20,29H,2-7,14-17H2,1H3,(H,28,31). The second-order valence-electron chi connectivity index (χ2n) is 9.57. The van der Waals surface area contributed by atoms with Crippen LogP contribution < -0.4 is 5.32 Å². The fourth-order valence-electron chi connectivity index (χ4n) is 5.30. The fraction of sp³-hybridized carbons (Fsp3) is 0.444. The molecule has 1 aliphatic carbocycles. The monoisotopic (exact) mass is 479 g/mol. The van der Waals surface area contributed by atoms with Gasteiger partial charge in [-0.05, 0) is 86.4 Å². The Morgan fingerprint density at radius 3 is 2.50 bits per heavy atom. The van der Waals surface area contributed by atoms with Gasteiger partial charge in [0.25, 0.3) is 0 Å². The fourth-order valence-corrected chi connectivity index (χ4v) is 6.79. The van der Waals surface area contributed by atoms with E-state index in [1.54, 1.807) is 10.4 Å². The summed E-state index contributed by atoms with van der Waals surface area (Å²) in [6.07, 6.45) is 7.59. The third kappa shape index (κ3) is 4.51. The summed E-state index contributed by atoms with van der Waals surface area (Å²) in [6, 6.07) is 13.4. The van der Waals surface area contributed by atoms with Crippen LogP contribution in [0, 0.1) is 5.92 Å². The molecule has 6 nitrogen and oxygen atoms in total. The van der Waals surface area contributed by atoms with Gasteiger partial charge >= 0.3 is 0 Å². The molecule has 0 radical (unpaired) electrons. The Kier molecular flexibility index (Phi) is 6.49. The van der Waals surface area contributed by atoms with Crippen LogP contribution in [0.4, 0.5) is 5.69 Å². The first kappa shape index (κ1) is 23.1. The molecule has 0 unspecified atom stereocenters. The lowest BCUT2D eigenvalue weighted by molar-refractivity contribution is -0.120. The van der Waals surface area contributed by atoms with E-state index < -0.39 is 10.0 Å². The summed E-state index contributed by atoms with van der Waals surface area (Å²) < 4.78 is 28.4. The number of rotatable bonds is 5. The summed E-state index contributed by atoms with van der Waals surface area (Å²) in [7, 11) is -3.60. The Hall–Kier alpha value is -2.64. The van der Waals surface area contributed by atoms with E-state index in [9.17, 15) is 13.2 Å². The molecule has 34 heavy (non-hydrogen) atoms. The van der Waals surface area contributed by atoms with Crippen molar-refractivity contribution in [3.8, 4) is 0 Å². The highest BCUT2D eigenvalue weighted by Gasteiger charge is 2.32. The van der Waals surface area contributed by atoms with Gasteiger partial charge in [0.05, 0.1) is 4.90 Å². The number of amides is 1. The Morgan fingerprint density at radius 1 is 1.03 bits per heavy atom. The minimum absolute atomic E-state index is 0.0299. The third-order valence-electron chi connectivity index (χ3n) is 7.41. The molecule has 2 heterocycles. The molecule has 0 saturated carbocycles. The molecular formula is C27H33N3O3S. The predicted molar refractivity (Wildman–Crippen MR) is 135 cm³/mol. The molecule has 1 saturated heterocycles. The SMILES string of the molecule is CCc1ccc(NC(=O)C2CCN(S(=O)(=O)c3ccc4[nH]c5c(c4c3)CCCCC5)CC2)cc1. The highest BCUT2D eigenvalue weighted by Crippen LogP contribution is 2.32. The summed E-state index contributed by atoms with van der Waals surface area (Å²) in [6.45, 7) is 2.82. The smallest absolute Gasteiger partial charge is 0.243 e. The first-order valence-electron chi connectivity index (χ1n) is 12.5. The molecule has 1 aromatic heterocycles. The summed E-state index contributed by atoms with van der Waals surface area (Å²) in [5.41, 5.74) is 5.58. The molecule has 1 fully saturated rings. The number of carbonyl (C=O) groups is 1. The minimum Gasteiger partial charge on any atom is -0.358 e. The van der Waals surface area contributed by atoms with E-state index in [2.05, 4.69) is 17.2 Å². The van der Waals surface area contributed by atoms with Crippen molar-refractivity contribution < 1.29 is 13.2 Å². The van der Waals surface area contributed by atoms with Crippen molar-refractivity contribution in [2.24, 2.45) is 5.92 Å². The normalized spacial score (nSPS) is 17.9. The first-order chi connectivity index (χ1) is 16.5. The van der Waals surface area contributed by atoms with E-state index in [4.69, 9.17) is 0 Å². The molecular weight excluding hydrogens is 446 g/mol. The average molecular weight is 480 g/mol. The number of nitrogens with one attached hydrogen (secondary N) is 2. The van der Waals surface area contributed by atoms with Crippen LogP contribution >= 0.6 is 0 Å². The molecule has 0 spiro atoms. The number of aromatic amines is 1. The van der Waals surface area contributed by atoms with E-state index in [1.165, 1.54) is 29.7 Å². The summed E-state index contributed by atoms with van der Waals surface area (Å²) in [5.74, 6) is -0.210. The van der Waals surface area contributed by atoms with Gasteiger partial charge in [0.15, 0.2) is 0 Å². The Bertz CT molecular complexity index is 1290. The molecule has 1 amide bonds. The van der Waals surface area contributed by atoms with Crippen LogP contribution in [-0.4, -0.2) is 36.7 Å². The molecule has 3 aromatic rings. The number of anilines is 1. The van der Waals surface area contributed by atoms with Crippen molar-refractivity contribution in [3.05, 3.63) is 59.3 Å². The summed E-state index contributed by atoms with van der Waals surface area (Å²) >= 11 is 0. The molecule has 7 heteroatoms. The number of hydrogen-bond acceptors (Lipinski definition) is 3. The van der Waals surface area contributed by atoms with Crippen LogP contribution in [0.1, 0.15) is 55.8 Å². The van der Waals surface area contributed by atoms with Crippen LogP contribution in [0.5, 0.6) is 0 Å². The summed E-state index contributed by atoms with van der Waals surface area (Å²) in [5, 5.41) is 4.03. The van der Waals surface area contributed by atoms with Gasteiger partial charge in [0.1, 0.15) is 0 Å². The van der Waals surface area contributed by atoms with Crippen molar-refractivity contribution in [1.29, 1.82) is 0 Å². The zero-order chi connectivity index (χ0) is 23.7. The Labute approximate surface area is 201 Å². The van der Waals surface area contributed by atoms with Crippen LogP contribution in [0.25, 0.3) is 10.9 Å². The zero-order valence-corrected chi connectivity index (χ0v) is 20.6. The van der Waals surface area contributed by atoms with Crippen LogP contribution in [0.2, 0.25) is 0 Å². The number of piperidine rings is 1. The van der Waals surface area contributed by atoms with Crippen LogP contribution in [0.15, 0.2) is 47.4 Å². The number of H-pyrrole nitrogens is 1. The lowest BCUT2D eigenvalue weighted by Crippen LogP contribution is -2.41. The van der Waals surface area contributed by atoms with Gasteiger partial charge < -0.3 is 10.3 Å². The zero-order valence-electron chi connectivity index (χ0n) is 19.8. The number of aromatic nitrogens is 1. The van der Waals surface area contributed by atoms with Crippen molar-refractivity contribution in [3.63, 3.8) is 0 Å². The molecule has 0 bridgehead atoms. The topological polar surface area (TPSA) is 82.3 Å². The second-order valence-corrected chi connectivity index (χ2v) is 11.5. The number of fused-ring (bicyclic) bond motifs is 3. The van der Waals surface area contributed by atoms with Crippen LogP contribution in [-0.2, 0) is 34.1 Å². The average Bonchev–Trinajstić information content (AvgIpc) is 3.04. The molecule has 2 aromatic carbocycles. The number of carbonyl (C=O) groups excluding carboxylic acids is 1. The van der Waals surface area contributed by atoms with E-state index in [1.807, 2.05) is 36.4 Å². The minimum atomic E-state index is -3.60. The summed E-state index contributed by atoms with van der Waals surface area (Å²) in [4.78, 5) is 16.6. The number of nitrogens with zero attached hydrogens (tertiary/aromatic N) is 1. The van der Waals surface area contributed by atoms with Gasteiger partial charge in [-0.15, -0.1) is 0 Å². The maximum Gasteiger partial charge on any atom is 0.243 e. The van der Waals surface area contributed by atoms with Gasteiger partial charge in [-0.1, -0.05) is 25.5 Å². The van der Waals surface area contributed by atoms with Crippen LogP contribution in [0.3, 0.4) is 0 Å². The number of hydrogen-bond donors (Lipinski definition) is 2. The van der Waals surface area contributed by atoms with E-state index in [0.717, 1.165) is 42.3 Å². The van der Waals surface area contributed by atoms with E-state index in [-0.39, 0.29) is 11.8 Å². The van der Waals surface area contributed by atoms with E-state index in [0.29, 0.717) is 30.8 Å². The maximum atomic E-state index is 13.4. The Balaban J connectivity index is 1.27. The maximum absolute atomic E-state index is 13.4. The van der Waals surface area contributed by atoms with Crippen molar-refractivity contribution in [1.82, 2.24) is 9.29 Å². The second kappa shape index (κ2) is 9.55. The van der Waals surface area contributed by atoms with Gasteiger partial charge in [-0.25, -0.2) is 8.42 Å². The van der Waals surface area contributed by atoms with Gasteiger partial charge in [0.2, 0.25) is 15.9 Å². The highest BCUT2D eigenvalue weighted by molar-refractivity contribution is 7.89. The van der Waals surface area contributed by atoms with Gasteiger partial charge in [0, 0.05) is 41.3 Å². The highest BCUT2D eigenvalue weighted by atomic mass is 32.2. The van der Waals surface area contributed by atoms with Gasteiger partial charge in [-0.3, -0.25) is 4.79 Å². The number of aryl methyl sites for hydroxylation is 3. The lowest BCUT2D eigenvalue weighted by atomic mass is 9.97. The molecule has 0 atom stereocenters. The molecule has 2 N–H and O–H groups in total. The quantitative estimate of drug-likeness (QED) is 0.503. The third-order valence-corrected chi connectivity index (χ3v) is 9.31. The Morgan fingerprint density at radius 2 is 1.76 bits per heavy atom. The molecule has 1 aliphatic heterocycles. The number of sulfonamides is 1. The molecule has 2 aliphatic rings. The molecule has 180 valence electrons.